The lowest BCUT2D eigenvalue weighted by atomic mass is 9.95. The molecule has 1 atom stereocenters. The van der Waals surface area contributed by atoms with Gasteiger partial charge in [-0.15, -0.1) is 0 Å². The summed E-state index contributed by atoms with van der Waals surface area (Å²) in [5, 5.41) is 1.10. The Labute approximate surface area is 153 Å². The van der Waals surface area contributed by atoms with Crippen molar-refractivity contribution in [1.29, 1.82) is 0 Å². The zero-order valence-electron chi connectivity index (χ0n) is 14.3. The number of benzene rings is 1. The Kier molecular flexibility index (Phi) is 6.93. The molecule has 0 saturated heterocycles. The number of hydrogen-bond donors (Lipinski definition) is 1. The van der Waals surface area contributed by atoms with Gasteiger partial charge in [-0.05, 0) is 36.6 Å². The molecule has 0 aliphatic carbocycles. The molecule has 1 aromatic carbocycles. The van der Waals surface area contributed by atoms with Gasteiger partial charge in [-0.1, -0.05) is 56.2 Å². The molecular weight excluding hydrogens is 399 g/mol. The summed E-state index contributed by atoms with van der Waals surface area (Å²) in [4.78, 5) is 18.4. The maximum atomic E-state index is 13.1. The minimum atomic E-state index is 0.166. The van der Waals surface area contributed by atoms with Crippen LogP contribution < -0.4 is 0 Å². The quantitative estimate of drug-likeness (QED) is 0.454. The monoisotopic (exact) mass is 426 g/mol. The second kappa shape index (κ2) is 8.71. The summed E-state index contributed by atoms with van der Waals surface area (Å²) >= 11 is 2.36. The van der Waals surface area contributed by atoms with Crippen molar-refractivity contribution in [2.24, 2.45) is 5.92 Å². The van der Waals surface area contributed by atoms with Gasteiger partial charge < -0.3 is 9.88 Å². The van der Waals surface area contributed by atoms with Crippen LogP contribution in [0.2, 0.25) is 0 Å². The zero-order valence-corrected chi connectivity index (χ0v) is 16.5. The van der Waals surface area contributed by atoms with E-state index in [1.165, 1.54) is 12.8 Å². The molecule has 1 heterocycles. The van der Waals surface area contributed by atoms with E-state index in [-0.39, 0.29) is 5.91 Å². The summed E-state index contributed by atoms with van der Waals surface area (Å²) in [5.41, 5.74) is 1.87. The number of amides is 1. The molecule has 126 valence electrons. The molecule has 0 unspecified atom stereocenters. The van der Waals surface area contributed by atoms with Gasteiger partial charge in [0, 0.05) is 39.7 Å². The molecule has 0 bridgehead atoms. The van der Waals surface area contributed by atoms with Crippen LogP contribution in [0.25, 0.3) is 10.9 Å². The molecular formula is C19H27IN2O. The Morgan fingerprint density at radius 1 is 1.30 bits per heavy atom. The van der Waals surface area contributed by atoms with Crippen molar-refractivity contribution in [2.75, 3.05) is 11.0 Å². The van der Waals surface area contributed by atoms with E-state index in [2.05, 4.69) is 53.2 Å². The van der Waals surface area contributed by atoms with E-state index in [9.17, 15) is 4.79 Å². The maximum absolute atomic E-state index is 13.1. The van der Waals surface area contributed by atoms with Crippen LogP contribution in [0.1, 0.15) is 50.4 Å². The first-order valence-corrected chi connectivity index (χ1v) is 10.0. The number of nitrogens with one attached hydrogen (secondary N) is 1. The van der Waals surface area contributed by atoms with E-state index < -0.39 is 0 Å². The number of H-pyrrole nitrogens is 1. The number of halogens is 1. The number of carbonyl (C=O) groups excluding carboxylic acids is 1. The number of unbranched alkanes of at least 4 members (excludes halogenated alkanes) is 1. The van der Waals surface area contributed by atoms with Crippen LogP contribution in [0.3, 0.4) is 0 Å². The topological polar surface area (TPSA) is 36.1 Å². The van der Waals surface area contributed by atoms with Crippen LogP contribution in [-0.2, 0) is 0 Å². The molecule has 3 nitrogen and oxygen atoms in total. The Morgan fingerprint density at radius 2 is 2.09 bits per heavy atom. The Morgan fingerprint density at radius 3 is 2.74 bits per heavy atom. The van der Waals surface area contributed by atoms with Crippen LogP contribution in [0.4, 0.5) is 0 Å². The zero-order chi connectivity index (χ0) is 16.8. The molecule has 0 saturated carbocycles. The van der Waals surface area contributed by atoms with Crippen LogP contribution in [0, 0.1) is 5.92 Å². The van der Waals surface area contributed by atoms with Crippen molar-refractivity contribution in [1.82, 2.24) is 9.88 Å². The number of carbonyl (C=O) groups is 1. The molecule has 0 aliphatic heterocycles. The summed E-state index contributed by atoms with van der Waals surface area (Å²) in [6.45, 7) is 7.48. The summed E-state index contributed by atoms with van der Waals surface area (Å²) in [5.74, 6) is 0.643. The van der Waals surface area contributed by atoms with Crippen molar-refractivity contribution < 1.29 is 4.79 Å². The van der Waals surface area contributed by atoms with E-state index in [0.29, 0.717) is 12.0 Å². The first-order chi connectivity index (χ1) is 11.1. The molecule has 0 aliphatic rings. The average Bonchev–Trinajstić information content (AvgIpc) is 3.00. The van der Waals surface area contributed by atoms with Crippen LogP contribution in [0.15, 0.2) is 30.5 Å². The Balaban J connectivity index is 2.28. The predicted octanol–water partition coefficient (Wildman–Crippen LogP) is 5.26. The van der Waals surface area contributed by atoms with E-state index in [0.717, 1.165) is 33.9 Å². The molecule has 2 aromatic rings. The third-order valence-electron chi connectivity index (χ3n) is 4.41. The maximum Gasteiger partial charge on any atom is 0.254 e. The Bertz CT molecular complexity index is 635. The lowest BCUT2D eigenvalue weighted by molar-refractivity contribution is 0.0628. The number of aromatic nitrogens is 1. The molecule has 2 rings (SSSR count). The highest BCUT2D eigenvalue weighted by atomic mass is 127. The molecule has 1 aromatic heterocycles. The van der Waals surface area contributed by atoms with Crippen LogP contribution in [0.5, 0.6) is 0 Å². The molecule has 1 amide bonds. The molecule has 0 radical (unpaired) electrons. The third kappa shape index (κ3) is 4.49. The van der Waals surface area contributed by atoms with E-state index in [4.69, 9.17) is 0 Å². The second-order valence-electron chi connectivity index (χ2n) is 6.42. The minimum Gasteiger partial charge on any atom is -0.361 e. The van der Waals surface area contributed by atoms with Gasteiger partial charge >= 0.3 is 0 Å². The van der Waals surface area contributed by atoms with Gasteiger partial charge in [0.2, 0.25) is 0 Å². The smallest absolute Gasteiger partial charge is 0.254 e. The fourth-order valence-corrected chi connectivity index (χ4v) is 3.64. The highest BCUT2D eigenvalue weighted by molar-refractivity contribution is 14.1. The van der Waals surface area contributed by atoms with Crippen molar-refractivity contribution >= 4 is 39.4 Å². The lowest BCUT2D eigenvalue weighted by Gasteiger charge is -2.34. The predicted molar refractivity (Wildman–Crippen MR) is 106 cm³/mol. The number of alkyl halides is 1. The average molecular weight is 426 g/mol. The van der Waals surface area contributed by atoms with Gasteiger partial charge in [-0.3, -0.25) is 4.79 Å². The van der Waals surface area contributed by atoms with Crippen molar-refractivity contribution in [3.8, 4) is 0 Å². The second-order valence-corrected chi connectivity index (χ2v) is 7.50. The van der Waals surface area contributed by atoms with Gasteiger partial charge in [0.05, 0.1) is 0 Å². The van der Waals surface area contributed by atoms with Gasteiger partial charge in [-0.2, -0.15) is 0 Å². The highest BCUT2D eigenvalue weighted by Gasteiger charge is 2.26. The number of nitrogens with zero attached hydrogens (tertiary/aromatic N) is 1. The van der Waals surface area contributed by atoms with E-state index >= 15 is 0 Å². The normalized spacial score (nSPS) is 12.7. The summed E-state index contributed by atoms with van der Waals surface area (Å²) in [6.07, 6.45) is 5.35. The fraction of sp³-hybridized carbons (Fsp3) is 0.526. The molecule has 23 heavy (non-hydrogen) atoms. The van der Waals surface area contributed by atoms with Gasteiger partial charge in [-0.25, -0.2) is 0 Å². The fourth-order valence-electron chi connectivity index (χ4n) is 3.12. The molecule has 1 N–H and O–H groups in total. The van der Waals surface area contributed by atoms with Gasteiger partial charge in [0.25, 0.3) is 5.91 Å². The van der Waals surface area contributed by atoms with E-state index in [1.807, 2.05) is 30.5 Å². The summed E-state index contributed by atoms with van der Waals surface area (Å²) in [6, 6.07) is 8.29. The highest BCUT2D eigenvalue weighted by Crippen LogP contribution is 2.22. The standard InChI is InChI=1S/C19H27IN2O/c1-4-5-6-18(14(2)3)22(12-10-20)19(23)16-7-8-17-15(13-16)9-11-21-17/h7-9,11,13-14,18,21H,4-6,10,12H2,1-3H3/t18-/m1/s1. The molecule has 4 heteroatoms. The SMILES string of the molecule is CCCC[C@H](C(C)C)N(CCI)C(=O)c1ccc2[nH]ccc2c1. The Hall–Kier alpha value is -1.04. The third-order valence-corrected chi connectivity index (χ3v) is 4.89. The minimum absolute atomic E-state index is 0.166. The summed E-state index contributed by atoms with van der Waals surface area (Å²) < 4.78 is 0.964. The van der Waals surface area contributed by atoms with Gasteiger partial charge in [0.15, 0.2) is 0 Å². The summed E-state index contributed by atoms with van der Waals surface area (Å²) in [7, 11) is 0. The first-order valence-electron chi connectivity index (χ1n) is 8.52. The van der Waals surface area contributed by atoms with Crippen molar-refractivity contribution in [3.05, 3.63) is 36.0 Å². The van der Waals surface area contributed by atoms with Gasteiger partial charge in [0.1, 0.15) is 0 Å². The largest absolute Gasteiger partial charge is 0.361 e. The van der Waals surface area contributed by atoms with Crippen LogP contribution in [-0.4, -0.2) is 32.8 Å². The molecule has 0 fully saturated rings. The number of fused-ring (bicyclic) bond motifs is 1. The first kappa shape index (κ1) is 18.3. The molecule has 0 spiro atoms. The van der Waals surface area contributed by atoms with E-state index in [1.54, 1.807) is 0 Å². The van der Waals surface area contributed by atoms with Crippen molar-refractivity contribution in [2.45, 2.75) is 46.1 Å². The number of hydrogen-bond acceptors (Lipinski definition) is 1. The number of rotatable bonds is 8. The lowest BCUT2D eigenvalue weighted by Crippen LogP contribution is -2.44. The number of aromatic amines is 1. The van der Waals surface area contributed by atoms with Crippen LogP contribution >= 0.6 is 22.6 Å². The van der Waals surface area contributed by atoms with Crippen molar-refractivity contribution in [3.63, 3.8) is 0 Å².